The molecular weight excluding hydrogens is 670 g/mol. The highest BCUT2D eigenvalue weighted by atomic mass is 16.5. The lowest BCUT2D eigenvalue weighted by molar-refractivity contribution is -0.135. The van der Waals surface area contributed by atoms with Gasteiger partial charge in [0.1, 0.15) is 11.8 Å². The van der Waals surface area contributed by atoms with Crippen molar-refractivity contribution in [1.29, 1.82) is 0 Å². The number of amides is 3. The number of anilines is 2. The molecule has 280 valence electrons. The van der Waals surface area contributed by atoms with Crippen LogP contribution in [0.25, 0.3) is 21.8 Å². The molecule has 2 aliphatic heterocycles. The smallest absolute Gasteiger partial charge is 0.251 e. The van der Waals surface area contributed by atoms with E-state index in [1.807, 2.05) is 57.4 Å². The summed E-state index contributed by atoms with van der Waals surface area (Å²) in [6, 6.07) is 12.2. The minimum absolute atomic E-state index is 0.201. The highest BCUT2D eigenvalue weighted by molar-refractivity contribution is 6.01. The van der Waals surface area contributed by atoms with Gasteiger partial charge in [-0.25, -0.2) is 0 Å². The first-order valence-corrected chi connectivity index (χ1v) is 18.6. The molecule has 53 heavy (non-hydrogen) atoms. The molecule has 3 fully saturated rings. The van der Waals surface area contributed by atoms with Crippen molar-refractivity contribution in [2.75, 3.05) is 50.6 Å². The number of ether oxygens (including phenoxy) is 1. The summed E-state index contributed by atoms with van der Waals surface area (Å²) in [4.78, 5) is 43.1. The van der Waals surface area contributed by atoms with Gasteiger partial charge in [-0.3, -0.25) is 34.0 Å². The van der Waals surface area contributed by atoms with Crippen LogP contribution in [0, 0.1) is 20.8 Å². The van der Waals surface area contributed by atoms with E-state index in [-0.39, 0.29) is 11.8 Å². The molecule has 3 aromatic heterocycles. The third-order valence-electron chi connectivity index (χ3n) is 10.3. The number of piperidine rings is 1. The normalized spacial score (nSPS) is 18.1. The summed E-state index contributed by atoms with van der Waals surface area (Å²) in [5, 5.41) is 16.6. The maximum Gasteiger partial charge on any atom is 0.251 e. The molecule has 2 saturated heterocycles. The molecule has 5 heterocycles. The number of likely N-dealkylation sites (N-methyl/N-ethyl adjacent to an activating group) is 1. The van der Waals surface area contributed by atoms with Gasteiger partial charge in [-0.05, 0) is 76.4 Å². The average Bonchev–Trinajstić information content (AvgIpc) is 3.73. The molecule has 2 aromatic carbocycles. The van der Waals surface area contributed by atoms with Crippen molar-refractivity contribution >= 4 is 51.4 Å². The van der Waals surface area contributed by atoms with E-state index in [2.05, 4.69) is 65.7 Å². The first-order chi connectivity index (χ1) is 25.6. The Morgan fingerprint density at radius 3 is 2.30 bits per heavy atom. The van der Waals surface area contributed by atoms with Gasteiger partial charge in [-0.2, -0.15) is 10.2 Å². The zero-order valence-electron chi connectivity index (χ0n) is 31.5. The van der Waals surface area contributed by atoms with Gasteiger partial charge in [0.05, 0.1) is 35.6 Å². The van der Waals surface area contributed by atoms with Crippen molar-refractivity contribution in [1.82, 2.24) is 34.8 Å². The molecule has 0 bridgehead atoms. The molecule has 1 unspecified atom stereocenters. The number of rotatable bonds is 6. The van der Waals surface area contributed by atoms with Gasteiger partial charge < -0.3 is 19.9 Å². The van der Waals surface area contributed by atoms with Gasteiger partial charge in [0.25, 0.3) is 5.91 Å². The maximum atomic E-state index is 12.3. The second-order valence-corrected chi connectivity index (χ2v) is 14.3. The first kappa shape index (κ1) is 37.5. The van der Waals surface area contributed by atoms with Gasteiger partial charge in [0.15, 0.2) is 0 Å². The molecule has 1 aliphatic carbocycles. The zero-order valence-corrected chi connectivity index (χ0v) is 31.5. The fourth-order valence-electron chi connectivity index (χ4n) is 7.47. The number of fused-ring (bicyclic) bond motifs is 2. The number of piperazine rings is 1. The standard InChI is InChI=1S/C18H23N5O2.C15H19N3O2.C7H9N/c1-12-17-13(22-10-8-21(2)9-11-22)4-3-5-14(17)23(20-12)15-6-7-16(24)19-18(15)25;1-20-15-8-13-11(7-14(15)16-10-19)9-18(17-13)12-5-3-2-4-6-12;1-6-3-7(2)5-8-4-6/h3-5,15H,6-11H2,1-2H3,(H,19,24,25);7-10,12H,2-6H2,1H3,(H,16,19);3-5H,1-2H3. The van der Waals surface area contributed by atoms with Gasteiger partial charge in [0.2, 0.25) is 12.3 Å². The van der Waals surface area contributed by atoms with Crippen LogP contribution in [0.5, 0.6) is 5.75 Å². The topological polar surface area (TPSA) is 140 Å². The number of hydrogen-bond donors (Lipinski definition) is 2. The summed E-state index contributed by atoms with van der Waals surface area (Å²) in [7, 11) is 3.74. The van der Waals surface area contributed by atoms with Crippen molar-refractivity contribution in [3.8, 4) is 5.75 Å². The Bertz CT molecular complexity index is 2040. The quantitative estimate of drug-likeness (QED) is 0.162. The molecule has 5 aromatic rings. The number of nitrogens with one attached hydrogen (secondary N) is 2. The molecule has 2 N–H and O–H groups in total. The van der Waals surface area contributed by atoms with Crippen molar-refractivity contribution in [3.05, 3.63) is 71.8 Å². The molecule has 3 amide bonds. The fourth-order valence-corrected chi connectivity index (χ4v) is 7.47. The van der Waals surface area contributed by atoms with Crippen molar-refractivity contribution in [2.45, 2.75) is 77.8 Å². The number of aryl methyl sites for hydroxylation is 3. The van der Waals surface area contributed by atoms with Crippen LogP contribution in [0.3, 0.4) is 0 Å². The summed E-state index contributed by atoms with van der Waals surface area (Å²) in [5.74, 6) is 0.178. The number of carbonyl (C=O) groups is 3. The number of pyridine rings is 1. The van der Waals surface area contributed by atoms with E-state index in [0.717, 1.165) is 53.7 Å². The maximum absolute atomic E-state index is 12.3. The molecule has 13 nitrogen and oxygen atoms in total. The van der Waals surface area contributed by atoms with Crippen LogP contribution in [-0.4, -0.2) is 88.0 Å². The van der Waals surface area contributed by atoms with E-state index >= 15 is 0 Å². The van der Waals surface area contributed by atoms with Crippen LogP contribution < -0.4 is 20.3 Å². The van der Waals surface area contributed by atoms with E-state index in [1.165, 1.54) is 48.9 Å². The second kappa shape index (κ2) is 17.0. The SMILES string of the molecule is COc1cc2nn(C3CCCCC3)cc2cc1NC=O.Cc1cncc(C)c1.Cc1nn(C2CCC(=O)NC2=O)c2cccc(N3CCN(C)CC3)c12. The van der Waals surface area contributed by atoms with Crippen molar-refractivity contribution < 1.29 is 19.1 Å². The molecule has 13 heteroatoms. The Labute approximate surface area is 310 Å². The van der Waals surface area contributed by atoms with Gasteiger partial charge in [-0.15, -0.1) is 0 Å². The highest BCUT2D eigenvalue weighted by Gasteiger charge is 2.31. The minimum Gasteiger partial charge on any atom is -0.494 e. The Kier molecular flexibility index (Phi) is 12.0. The summed E-state index contributed by atoms with van der Waals surface area (Å²) in [6.07, 6.45) is 13.6. The van der Waals surface area contributed by atoms with Gasteiger partial charge in [0, 0.05) is 73.7 Å². The van der Waals surface area contributed by atoms with Crippen LogP contribution in [0.1, 0.15) is 73.9 Å². The number of nitrogens with zero attached hydrogens (tertiary/aromatic N) is 7. The third kappa shape index (κ3) is 8.85. The molecule has 8 rings (SSSR count). The van der Waals surface area contributed by atoms with Crippen LogP contribution in [0.4, 0.5) is 11.4 Å². The minimum atomic E-state index is -0.420. The van der Waals surface area contributed by atoms with Crippen LogP contribution in [-0.2, 0) is 14.4 Å². The monoisotopic (exact) mass is 721 g/mol. The molecule has 1 saturated carbocycles. The van der Waals surface area contributed by atoms with E-state index in [0.29, 0.717) is 36.7 Å². The Morgan fingerprint density at radius 2 is 1.66 bits per heavy atom. The van der Waals surface area contributed by atoms with Crippen LogP contribution in [0.15, 0.2) is 55.0 Å². The van der Waals surface area contributed by atoms with E-state index in [4.69, 9.17) is 4.74 Å². The molecule has 0 spiro atoms. The largest absolute Gasteiger partial charge is 0.494 e. The number of imide groups is 1. The lowest BCUT2D eigenvalue weighted by Crippen LogP contribution is -2.44. The van der Waals surface area contributed by atoms with Gasteiger partial charge >= 0.3 is 0 Å². The predicted molar refractivity (Wildman–Crippen MR) is 207 cm³/mol. The zero-order chi connectivity index (χ0) is 37.5. The summed E-state index contributed by atoms with van der Waals surface area (Å²) < 4.78 is 9.17. The number of benzene rings is 2. The van der Waals surface area contributed by atoms with E-state index in [1.54, 1.807) is 11.8 Å². The number of hydrogen-bond acceptors (Lipinski definition) is 9. The Balaban J connectivity index is 0.000000153. The van der Waals surface area contributed by atoms with Crippen molar-refractivity contribution in [2.24, 2.45) is 0 Å². The molecule has 1 atom stereocenters. The summed E-state index contributed by atoms with van der Waals surface area (Å²) >= 11 is 0. The van der Waals surface area contributed by atoms with Crippen molar-refractivity contribution in [3.63, 3.8) is 0 Å². The van der Waals surface area contributed by atoms with Crippen LogP contribution in [0.2, 0.25) is 0 Å². The van der Waals surface area contributed by atoms with E-state index in [9.17, 15) is 14.4 Å². The number of methoxy groups -OCH3 is 1. The molecule has 0 radical (unpaired) electrons. The highest BCUT2D eigenvalue weighted by Crippen LogP contribution is 2.34. The van der Waals surface area contributed by atoms with Crippen LogP contribution >= 0.6 is 0 Å². The fraction of sp³-hybridized carbons (Fsp3) is 0.450. The second-order valence-electron chi connectivity index (χ2n) is 14.3. The average molecular weight is 722 g/mol. The third-order valence-corrected chi connectivity index (χ3v) is 10.3. The van der Waals surface area contributed by atoms with E-state index < -0.39 is 6.04 Å². The van der Waals surface area contributed by atoms with Gasteiger partial charge in [-0.1, -0.05) is 31.4 Å². The predicted octanol–water partition coefficient (Wildman–Crippen LogP) is 5.89. The summed E-state index contributed by atoms with van der Waals surface area (Å²) in [6.45, 7) is 10.1. The molecule has 3 aliphatic rings. The lowest BCUT2D eigenvalue weighted by atomic mass is 9.96. The summed E-state index contributed by atoms with van der Waals surface area (Å²) in [5.41, 5.74) is 7.11. The Morgan fingerprint density at radius 1 is 0.925 bits per heavy atom. The number of aromatic nitrogens is 5. The molecular formula is C40H51N9O4. The lowest BCUT2D eigenvalue weighted by Gasteiger charge is -2.34. The number of carbonyl (C=O) groups excluding carboxylic acids is 3. The Hall–Kier alpha value is -5.30. The first-order valence-electron chi connectivity index (χ1n) is 18.6.